The normalized spacial score (nSPS) is 23.6. The topological polar surface area (TPSA) is 154 Å². The Morgan fingerprint density at radius 1 is 1.11 bits per heavy atom. The van der Waals surface area contributed by atoms with E-state index in [1.807, 2.05) is 52.0 Å². The fraction of sp³-hybridized carbons (Fsp3) is 0.633. The monoisotopic (exact) mass is 914 g/mol. The minimum absolute atomic E-state index is 0.128. The number of hydrogen-bond acceptors (Lipinski definition) is 11. The molecule has 3 aromatic heterocycles. The molecule has 65 heavy (non-hydrogen) atoms. The number of piperidine rings is 1. The first-order chi connectivity index (χ1) is 30.9. The Morgan fingerprint density at radius 3 is 2.57 bits per heavy atom. The van der Waals surface area contributed by atoms with E-state index < -0.39 is 35.4 Å². The van der Waals surface area contributed by atoms with E-state index in [9.17, 15) is 19.2 Å². The van der Waals surface area contributed by atoms with Gasteiger partial charge >= 0.3 is 12.0 Å². The van der Waals surface area contributed by atoms with Gasteiger partial charge in [0.1, 0.15) is 18.1 Å². The number of aromatic nitrogens is 3. The number of urea groups is 1. The van der Waals surface area contributed by atoms with Crippen LogP contribution in [0.15, 0.2) is 23.7 Å². The molecule has 1 aliphatic carbocycles. The minimum Gasteiger partial charge on any atom is -0.464 e. The number of carbonyl (C=O) groups is 4. The Kier molecular flexibility index (Phi) is 14.9. The Hall–Kier alpha value is -4.64. The van der Waals surface area contributed by atoms with Crippen molar-refractivity contribution in [2.45, 2.75) is 130 Å². The van der Waals surface area contributed by atoms with Crippen LogP contribution in [0.1, 0.15) is 113 Å². The summed E-state index contributed by atoms with van der Waals surface area (Å²) in [5, 5.41) is 7.31. The van der Waals surface area contributed by atoms with Crippen molar-refractivity contribution in [1.29, 1.82) is 0 Å². The molecule has 7 rings (SSSR count). The summed E-state index contributed by atoms with van der Waals surface area (Å²) < 4.78 is 14.4. The van der Waals surface area contributed by atoms with Gasteiger partial charge in [-0.05, 0) is 113 Å². The zero-order chi connectivity index (χ0) is 46.9. The summed E-state index contributed by atoms with van der Waals surface area (Å²) >= 11 is 1.47. The van der Waals surface area contributed by atoms with E-state index in [2.05, 4.69) is 65.4 Å². The van der Waals surface area contributed by atoms with E-state index in [4.69, 9.17) is 19.4 Å². The summed E-state index contributed by atoms with van der Waals surface area (Å²) in [6.07, 6.45) is 8.36. The van der Waals surface area contributed by atoms with Crippen molar-refractivity contribution in [3.05, 3.63) is 56.9 Å². The number of cyclic esters (lactones) is 1. The molecule has 2 N–H and O–H groups in total. The lowest BCUT2D eigenvalue weighted by atomic mass is 9.80. The molecule has 354 valence electrons. The van der Waals surface area contributed by atoms with Gasteiger partial charge in [0.05, 0.1) is 34.8 Å². The third-order valence-electron chi connectivity index (χ3n) is 13.9. The van der Waals surface area contributed by atoms with Gasteiger partial charge in [-0.1, -0.05) is 34.6 Å². The summed E-state index contributed by atoms with van der Waals surface area (Å²) in [7, 11) is 7.43. The lowest BCUT2D eigenvalue weighted by Gasteiger charge is -2.40. The lowest BCUT2D eigenvalue weighted by Crippen LogP contribution is -2.62. The summed E-state index contributed by atoms with van der Waals surface area (Å²) in [5.41, 5.74) is 11.2. The van der Waals surface area contributed by atoms with Gasteiger partial charge in [-0.15, -0.1) is 11.3 Å². The zero-order valence-corrected chi connectivity index (χ0v) is 41.2. The van der Waals surface area contributed by atoms with E-state index in [0.717, 1.165) is 65.2 Å². The third-order valence-corrected chi connectivity index (χ3v) is 14.7. The summed E-state index contributed by atoms with van der Waals surface area (Å²) in [6, 6.07) is 1.52. The number of nitrogens with zero attached hydrogens (tertiary/aromatic N) is 7. The van der Waals surface area contributed by atoms with E-state index in [0.29, 0.717) is 43.9 Å². The molecule has 0 aromatic carbocycles. The Labute approximate surface area is 389 Å². The van der Waals surface area contributed by atoms with Crippen molar-refractivity contribution in [2.24, 2.45) is 17.3 Å². The number of hydrogen-bond donors (Lipinski definition) is 2. The minimum atomic E-state index is -1.03. The second-order valence-electron chi connectivity index (χ2n) is 19.9. The van der Waals surface area contributed by atoms with Gasteiger partial charge in [0.15, 0.2) is 0 Å². The van der Waals surface area contributed by atoms with E-state index >= 15 is 0 Å². The van der Waals surface area contributed by atoms with Crippen LogP contribution >= 0.6 is 11.3 Å². The number of amides is 4. The number of likely N-dealkylation sites (N-methyl/N-ethyl adjacent to an activating group) is 2. The molecule has 6 bridgehead atoms. The highest BCUT2D eigenvalue weighted by Crippen LogP contribution is 2.45. The van der Waals surface area contributed by atoms with Crippen molar-refractivity contribution in [1.82, 2.24) is 45.0 Å². The maximum Gasteiger partial charge on any atom is 0.324 e. The maximum absolute atomic E-state index is 14.7. The highest BCUT2D eigenvalue weighted by atomic mass is 32.1. The predicted octanol–water partition coefficient (Wildman–Crippen LogP) is 6.22. The quantitative estimate of drug-likeness (QED) is 0.237. The van der Waals surface area contributed by atoms with Crippen LogP contribution in [0.25, 0.3) is 22.9 Å². The number of nitrogens with one attached hydrogen (secondary N) is 2. The van der Waals surface area contributed by atoms with E-state index in [1.165, 1.54) is 26.9 Å². The molecule has 4 amide bonds. The van der Waals surface area contributed by atoms with Crippen LogP contribution in [-0.2, 0) is 49.7 Å². The molecule has 16 heteroatoms. The first kappa shape index (κ1) is 48.3. The molecule has 6 atom stereocenters. The van der Waals surface area contributed by atoms with Crippen LogP contribution in [0.2, 0.25) is 0 Å². The number of thiazole rings is 1. The van der Waals surface area contributed by atoms with Crippen LogP contribution in [0.3, 0.4) is 0 Å². The molecule has 4 aliphatic rings. The van der Waals surface area contributed by atoms with Gasteiger partial charge in [0.2, 0.25) is 5.91 Å². The Bertz CT molecular complexity index is 2270. The second-order valence-corrected chi connectivity index (χ2v) is 20.8. The smallest absolute Gasteiger partial charge is 0.324 e. The fourth-order valence-electron chi connectivity index (χ4n) is 10.2. The molecule has 3 aromatic rings. The number of pyridine rings is 1. The van der Waals surface area contributed by atoms with Crippen LogP contribution < -0.4 is 10.7 Å². The number of likely N-dealkylation sites (tertiary alicyclic amines) is 1. The highest BCUT2D eigenvalue weighted by Gasteiger charge is 2.40. The number of ether oxygens (including phenoxy) is 2. The predicted molar refractivity (Wildman–Crippen MR) is 254 cm³/mol. The molecule has 6 heterocycles. The molecule has 0 radical (unpaired) electrons. The van der Waals surface area contributed by atoms with Gasteiger partial charge in [0.25, 0.3) is 5.91 Å². The molecular weight excluding hydrogens is 843 g/mol. The van der Waals surface area contributed by atoms with Crippen molar-refractivity contribution in [3.8, 4) is 11.3 Å². The van der Waals surface area contributed by atoms with Crippen molar-refractivity contribution >= 4 is 46.8 Å². The fourth-order valence-corrected chi connectivity index (χ4v) is 11.1. The molecule has 3 aliphatic heterocycles. The van der Waals surface area contributed by atoms with Crippen molar-refractivity contribution in [2.75, 3.05) is 54.5 Å². The first-order valence-electron chi connectivity index (χ1n) is 23.5. The molecule has 2 unspecified atom stereocenters. The third kappa shape index (κ3) is 10.2. The lowest BCUT2D eigenvalue weighted by molar-refractivity contribution is -0.155. The molecule has 2 fully saturated rings. The standard InChI is InChI=1S/C49H71N9O6S/c1-12-57-40-22-30(4)34-23-35(40)36(44(57)33-17-13-19-50-42(33)31(5)63-11)25-49(6,7)28-64-47(61)37-18-15-21-58(53-37)46(60)38(24-41-51-39(34)27-65-41)52-45(59)43(29(2)3)55(10)48(62)56-20-14-16-32(26-56)54(8)9/h13,17,19,23,27,29-32,37-38,43,53H,12,14-16,18,20-22,24-26,28H2,1-11H3,(H,52,59)/t30?,31-,32?,37-,38-,43-/m0/s1. The Morgan fingerprint density at radius 2 is 1.86 bits per heavy atom. The maximum atomic E-state index is 14.7. The number of carbonyl (C=O) groups excluding carboxylic acids is 4. The van der Waals surface area contributed by atoms with Gasteiger partial charge in [-0.25, -0.2) is 15.2 Å². The number of allylic oxidation sites excluding steroid dienone is 1. The number of methoxy groups -OCH3 is 1. The first-order valence-corrected chi connectivity index (χ1v) is 24.4. The molecule has 15 nitrogen and oxygen atoms in total. The van der Waals surface area contributed by atoms with Gasteiger partial charge in [0, 0.05) is 81.0 Å². The average Bonchev–Trinajstić information content (AvgIpc) is 3.87. The highest BCUT2D eigenvalue weighted by molar-refractivity contribution is 7.09. The number of rotatable bonds is 9. The van der Waals surface area contributed by atoms with E-state index in [1.54, 1.807) is 14.2 Å². The summed E-state index contributed by atoms with van der Waals surface area (Å²) in [6.45, 7) is 17.0. The molecular formula is C49H71N9O6S. The molecule has 0 saturated carbocycles. The van der Waals surface area contributed by atoms with Gasteiger partial charge in [-0.3, -0.25) is 24.4 Å². The average molecular weight is 914 g/mol. The van der Waals surface area contributed by atoms with Crippen LogP contribution in [-0.4, -0.2) is 137 Å². The van der Waals surface area contributed by atoms with Crippen LogP contribution in [0.5, 0.6) is 0 Å². The SMILES string of the molecule is CCn1c2c3c(c1-c1cccnc1[C@H](C)OC)CC(C)(C)COC(=O)[C@@H]1CCCN(N1)C(=O)[C@@H](NC(=O)[C@H](C(C)C)N(C)C(=O)N1CCCC(N(C)C)C1)Cc1nc(cs1)C(=C3)C(C)C2. The van der Waals surface area contributed by atoms with Crippen LogP contribution in [0, 0.1) is 17.3 Å². The van der Waals surface area contributed by atoms with Crippen molar-refractivity contribution in [3.63, 3.8) is 0 Å². The van der Waals surface area contributed by atoms with E-state index in [-0.39, 0.29) is 48.9 Å². The van der Waals surface area contributed by atoms with Crippen LogP contribution in [0.4, 0.5) is 4.79 Å². The van der Waals surface area contributed by atoms with Gasteiger partial charge < -0.3 is 34.1 Å². The molecule has 0 spiro atoms. The second kappa shape index (κ2) is 20.1. The number of hydrazine groups is 1. The van der Waals surface area contributed by atoms with Crippen molar-refractivity contribution < 1.29 is 28.7 Å². The zero-order valence-electron chi connectivity index (χ0n) is 40.4. The molecule has 2 saturated heterocycles. The summed E-state index contributed by atoms with van der Waals surface area (Å²) in [5.74, 6) is -1.34. The number of fused-ring (bicyclic) bond motifs is 5. The largest absolute Gasteiger partial charge is 0.464 e. The summed E-state index contributed by atoms with van der Waals surface area (Å²) in [4.78, 5) is 72.7. The Balaban J connectivity index is 1.28. The number of esters is 1. The van der Waals surface area contributed by atoms with Gasteiger partial charge in [-0.2, -0.15) is 0 Å².